The van der Waals surface area contributed by atoms with Crippen molar-refractivity contribution in [1.82, 2.24) is 0 Å². The quantitative estimate of drug-likeness (QED) is 0.589. The molecule has 3 heteroatoms. The number of anilines is 1. The number of nitrogens with two attached hydrogens (primary N) is 1. The Labute approximate surface area is 170 Å². The summed E-state index contributed by atoms with van der Waals surface area (Å²) < 4.78 is 0. The van der Waals surface area contributed by atoms with E-state index >= 15 is 0 Å². The molecule has 3 aromatic carbocycles. The van der Waals surface area contributed by atoms with Crippen LogP contribution in [0.4, 0.5) is 5.69 Å². The van der Waals surface area contributed by atoms with Crippen molar-refractivity contribution in [1.29, 1.82) is 0 Å². The van der Waals surface area contributed by atoms with E-state index in [4.69, 9.17) is 28.9 Å². The van der Waals surface area contributed by atoms with Gasteiger partial charge < -0.3 is 5.73 Å². The molecule has 3 rings (SSSR count). The fourth-order valence-electron chi connectivity index (χ4n) is 3.35. The summed E-state index contributed by atoms with van der Waals surface area (Å²) in [7, 11) is 0. The van der Waals surface area contributed by atoms with Crippen molar-refractivity contribution in [2.45, 2.75) is 27.2 Å². The first-order valence-electron chi connectivity index (χ1n) is 8.97. The first-order chi connectivity index (χ1) is 12.8. The van der Waals surface area contributed by atoms with Crippen molar-refractivity contribution < 1.29 is 0 Å². The Morgan fingerprint density at radius 2 is 1.63 bits per heavy atom. The fourth-order valence-corrected chi connectivity index (χ4v) is 3.94. The molecule has 0 fully saturated rings. The van der Waals surface area contributed by atoms with Crippen LogP contribution < -0.4 is 16.2 Å². The minimum atomic E-state index is 0.626. The molecule has 0 saturated carbocycles. The van der Waals surface area contributed by atoms with Crippen LogP contribution in [0, 0.1) is 13.8 Å². The summed E-state index contributed by atoms with van der Waals surface area (Å²) in [6.45, 7) is 10.3. The summed E-state index contributed by atoms with van der Waals surface area (Å²) in [5, 5.41) is 3.31. The van der Waals surface area contributed by atoms with Crippen LogP contribution in [0.3, 0.4) is 0 Å². The van der Waals surface area contributed by atoms with Crippen LogP contribution in [0.1, 0.15) is 34.7 Å². The van der Waals surface area contributed by atoms with Crippen molar-refractivity contribution >= 4 is 41.0 Å². The van der Waals surface area contributed by atoms with Crippen LogP contribution in [0.15, 0.2) is 48.5 Å². The van der Waals surface area contributed by atoms with Gasteiger partial charge in [-0.05, 0) is 82.8 Å². The van der Waals surface area contributed by atoms with E-state index in [0.29, 0.717) is 10.0 Å². The first kappa shape index (κ1) is 19.5. The standard InChI is InChI=1S/C24H23Cl2N/c1-5-17-13-19(12-16(4)24(17)27)22(18-10-9-14(2)15(3)11-18)23-20(25)7-6-8-21(23)26/h6-13H,2,5,27H2,1,3-4H3/b22-18-. The van der Waals surface area contributed by atoms with Gasteiger partial charge >= 0.3 is 0 Å². The lowest BCUT2D eigenvalue weighted by Gasteiger charge is -2.17. The maximum Gasteiger partial charge on any atom is 0.0499 e. The maximum absolute atomic E-state index is 6.60. The van der Waals surface area contributed by atoms with Crippen LogP contribution in [0.25, 0.3) is 12.2 Å². The highest BCUT2D eigenvalue weighted by atomic mass is 35.5. The molecule has 1 nitrogen and oxygen atoms in total. The van der Waals surface area contributed by atoms with E-state index in [9.17, 15) is 0 Å². The van der Waals surface area contributed by atoms with Gasteiger partial charge in [-0.15, -0.1) is 0 Å². The summed E-state index contributed by atoms with van der Waals surface area (Å²) in [6, 6.07) is 16.1. The molecular formula is C24H23Cl2N. The number of hydrogen-bond donors (Lipinski definition) is 1. The lowest BCUT2D eigenvalue weighted by atomic mass is 9.91. The van der Waals surface area contributed by atoms with Crippen LogP contribution in [-0.4, -0.2) is 0 Å². The monoisotopic (exact) mass is 395 g/mol. The number of aryl methyl sites for hydroxylation is 3. The van der Waals surface area contributed by atoms with Gasteiger partial charge in [0, 0.05) is 21.3 Å². The van der Waals surface area contributed by atoms with Gasteiger partial charge in [0.2, 0.25) is 0 Å². The van der Waals surface area contributed by atoms with Crippen molar-refractivity contribution in [2.24, 2.45) is 0 Å². The van der Waals surface area contributed by atoms with Crippen molar-refractivity contribution in [3.05, 3.63) is 96.8 Å². The molecule has 0 aromatic heterocycles. The van der Waals surface area contributed by atoms with E-state index in [0.717, 1.165) is 55.9 Å². The molecule has 0 spiro atoms. The minimum absolute atomic E-state index is 0.626. The SMILES string of the molecule is C=c1cc/c(=C(\c2cc(C)c(N)c(CC)c2)c2c(Cl)cccc2Cl)cc1C. The number of hydrogen-bond acceptors (Lipinski definition) is 1. The summed E-state index contributed by atoms with van der Waals surface area (Å²) in [6.07, 6.45) is 0.862. The summed E-state index contributed by atoms with van der Waals surface area (Å²) in [4.78, 5) is 0. The molecule has 27 heavy (non-hydrogen) atoms. The number of benzene rings is 3. The summed E-state index contributed by atoms with van der Waals surface area (Å²) >= 11 is 13.2. The van der Waals surface area contributed by atoms with Gasteiger partial charge in [0.05, 0.1) is 0 Å². The van der Waals surface area contributed by atoms with Gasteiger partial charge in [0.25, 0.3) is 0 Å². The average molecular weight is 396 g/mol. The minimum Gasteiger partial charge on any atom is -0.398 e. The zero-order valence-electron chi connectivity index (χ0n) is 15.9. The molecule has 0 heterocycles. The highest BCUT2D eigenvalue weighted by Crippen LogP contribution is 2.35. The van der Waals surface area contributed by atoms with E-state index < -0.39 is 0 Å². The lowest BCUT2D eigenvalue weighted by Crippen LogP contribution is -2.15. The molecule has 0 bridgehead atoms. The molecule has 0 atom stereocenters. The van der Waals surface area contributed by atoms with E-state index in [1.807, 2.05) is 31.2 Å². The first-order valence-corrected chi connectivity index (χ1v) is 9.72. The molecule has 0 amide bonds. The molecule has 0 radical (unpaired) electrons. The second-order valence-corrected chi connectivity index (χ2v) is 7.65. The second-order valence-electron chi connectivity index (χ2n) is 6.83. The maximum atomic E-state index is 6.60. The molecule has 2 N–H and O–H groups in total. The van der Waals surface area contributed by atoms with Crippen molar-refractivity contribution in [3.63, 3.8) is 0 Å². The Bertz CT molecular complexity index is 1110. The molecule has 0 aliphatic carbocycles. The van der Waals surface area contributed by atoms with Crippen molar-refractivity contribution in [3.8, 4) is 0 Å². The zero-order chi connectivity index (χ0) is 19.7. The van der Waals surface area contributed by atoms with E-state index in [1.165, 1.54) is 0 Å². The van der Waals surface area contributed by atoms with Crippen LogP contribution in [0.2, 0.25) is 10.0 Å². The normalized spacial score (nSPS) is 12.2. The highest BCUT2D eigenvalue weighted by Gasteiger charge is 2.16. The smallest absolute Gasteiger partial charge is 0.0499 e. The topological polar surface area (TPSA) is 26.0 Å². The van der Waals surface area contributed by atoms with Crippen molar-refractivity contribution in [2.75, 3.05) is 5.73 Å². The average Bonchev–Trinajstić information content (AvgIpc) is 2.63. The van der Waals surface area contributed by atoms with E-state index in [1.54, 1.807) is 0 Å². The van der Waals surface area contributed by atoms with Crippen LogP contribution in [0.5, 0.6) is 0 Å². The summed E-state index contributed by atoms with van der Waals surface area (Å²) in [5.74, 6) is 0. The Morgan fingerprint density at radius 3 is 2.22 bits per heavy atom. The van der Waals surface area contributed by atoms with Gasteiger partial charge in [-0.1, -0.05) is 61.0 Å². The van der Waals surface area contributed by atoms with E-state index in [2.05, 4.69) is 44.7 Å². The number of halogens is 2. The Kier molecular flexibility index (Phi) is 5.64. The van der Waals surface area contributed by atoms with E-state index in [-0.39, 0.29) is 0 Å². The third kappa shape index (κ3) is 3.76. The lowest BCUT2D eigenvalue weighted by molar-refractivity contribution is 1.13. The largest absolute Gasteiger partial charge is 0.398 e. The third-order valence-electron chi connectivity index (χ3n) is 4.99. The van der Waals surface area contributed by atoms with Gasteiger partial charge in [0.1, 0.15) is 0 Å². The zero-order valence-corrected chi connectivity index (χ0v) is 17.4. The molecule has 3 aromatic rings. The predicted octanol–water partition coefficient (Wildman–Crippen LogP) is 5.41. The Balaban J connectivity index is 2.49. The molecule has 0 aliphatic heterocycles. The summed E-state index contributed by atoms with van der Waals surface area (Å²) in [5.41, 5.74) is 13.3. The highest BCUT2D eigenvalue weighted by molar-refractivity contribution is 6.37. The van der Waals surface area contributed by atoms with Gasteiger partial charge in [-0.2, -0.15) is 0 Å². The van der Waals surface area contributed by atoms with Gasteiger partial charge in [-0.25, -0.2) is 0 Å². The molecular weight excluding hydrogens is 373 g/mol. The number of nitrogen functional groups attached to an aromatic ring is 1. The Morgan fingerprint density at radius 1 is 0.963 bits per heavy atom. The fraction of sp³-hybridized carbons (Fsp3) is 0.167. The number of rotatable bonds is 3. The van der Waals surface area contributed by atoms with Crippen LogP contribution >= 0.6 is 23.2 Å². The second kappa shape index (κ2) is 7.80. The van der Waals surface area contributed by atoms with Gasteiger partial charge in [-0.3, -0.25) is 0 Å². The molecule has 138 valence electrons. The molecule has 0 saturated heterocycles. The molecule has 0 unspecified atom stereocenters. The van der Waals surface area contributed by atoms with Gasteiger partial charge in [0.15, 0.2) is 0 Å². The molecule has 0 aliphatic rings. The predicted molar refractivity (Wildman–Crippen MR) is 119 cm³/mol. The van der Waals surface area contributed by atoms with Crippen LogP contribution in [-0.2, 0) is 6.42 Å². The third-order valence-corrected chi connectivity index (χ3v) is 5.62. The Hall–Kier alpha value is -2.22.